The monoisotopic (exact) mass is 263 g/mol. The van der Waals surface area contributed by atoms with E-state index in [1.807, 2.05) is 25.1 Å². The van der Waals surface area contributed by atoms with Crippen molar-refractivity contribution in [1.82, 2.24) is 9.97 Å². The van der Waals surface area contributed by atoms with E-state index in [0.717, 1.165) is 11.3 Å². The summed E-state index contributed by atoms with van der Waals surface area (Å²) in [5.74, 6) is 7.15. The molecule has 0 spiro atoms. The molecule has 0 aliphatic rings. The van der Waals surface area contributed by atoms with Gasteiger partial charge in [0.25, 0.3) is 0 Å². The summed E-state index contributed by atoms with van der Waals surface area (Å²) >= 11 is 6.11. The molecule has 0 aliphatic heterocycles. The standard InChI is InChI=1S/C12H14ClN5/c1-7-3-4-9(13)10(5-7)17-11-6-12(18-14)16-8(2)15-11/h3-6H,14H2,1-2H3,(H2,15,16,17,18). The first-order valence-electron chi connectivity index (χ1n) is 5.44. The van der Waals surface area contributed by atoms with Crippen LogP contribution >= 0.6 is 11.6 Å². The van der Waals surface area contributed by atoms with Crippen LogP contribution in [0.1, 0.15) is 11.4 Å². The van der Waals surface area contributed by atoms with Gasteiger partial charge in [-0.15, -0.1) is 0 Å². The van der Waals surface area contributed by atoms with Gasteiger partial charge in [-0.3, -0.25) is 0 Å². The molecular formula is C12H14ClN5. The number of nitrogen functional groups attached to an aromatic ring is 1. The van der Waals surface area contributed by atoms with Crippen molar-refractivity contribution in [2.75, 3.05) is 10.7 Å². The third kappa shape index (κ3) is 2.88. The van der Waals surface area contributed by atoms with Gasteiger partial charge in [0.1, 0.15) is 17.5 Å². The SMILES string of the molecule is Cc1ccc(Cl)c(Nc2cc(NN)nc(C)n2)c1. The first kappa shape index (κ1) is 12.6. The number of nitrogens with one attached hydrogen (secondary N) is 2. The number of anilines is 3. The van der Waals surface area contributed by atoms with Gasteiger partial charge in [-0.05, 0) is 31.5 Å². The Morgan fingerprint density at radius 1 is 1.11 bits per heavy atom. The Morgan fingerprint density at radius 3 is 2.56 bits per heavy atom. The second-order valence-corrected chi connectivity index (χ2v) is 4.35. The smallest absolute Gasteiger partial charge is 0.145 e. The molecule has 18 heavy (non-hydrogen) atoms. The minimum absolute atomic E-state index is 0.550. The van der Waals surface area contributed by atoms with E-state index in [0.29, 0.717) is 22.5 Å². The van der Waals surface area contributed by atoms with E-state index in [-0.39, 0.29) is 0 Å². The second kappa shape index (κ2) is 5.20. The van der Waals surface area contributed by atoms with Crippen LogP contribution in [0.25, 0.3) is 0 Å². The molecule has 94 valence electrons. The van der Waals surface area contributed by atoms with E-state index in [9.17, 15) is 0 Å². The summed E-state index contributed by atoms with van der Waals surface area (Å²) in [7, 11) is 0. The van der Waals surface area contributed by atoms with E-state index in [2.05, 4.69) is 20.7 Å². The van der Waals surface area contributed by atoms with Gasteiger partial charge in [0.2, 0.25) is 0 Å². The highest BCUT2D eigenvalue weighted by molar-refractivity contribution is 6.33. The lowest BCUT2D eigenvalue weighted by molar-refractivity contribution is 1.05. The van der Waals surface area contributed by atoms with Crippen LogP contribution in [-0.4, -0.2) is 9.97 Å². The molecule has 1 aromatic carbocycles. The summed E-state index contributed by atoms with van der Waals surface area (Å²) in [5.41, 5.74) is 4.41. The molecule has 0 aliphatic carbocycles. The fourth-order valence-corrected chi connectivity index (χ4v) is 1.74. The Hall–Kier alpha value is -1.85. The van der Waals surface area contributed by atoms with Crippen molar-refractivity contribution in [2.45, 2.75) is 13.8 Å². The number of hydrogen-bond acceptors (Lipinski definition) is 5. The van der Waals surface area contributed by atoms with Crippen molar-refractivity contribution in [3.8, 4) is 0 Å². The lowest BCUT2D eigenvalue weighted by Gasteiger charge is -2.10. The van der Waals surface area contributed by atoms with Gasteiger partial charge in [0, 0.05) is 6.07 Å². The Balaban J connectivity index is 2.33. The van der Waals surface area contributed by atoms with E-state index in [1.54, 1.807) is 13.0 Å². The number of aryl methyl sites for hydroxylation is 2. The summed E-state index contributed by atoms with van der Waals surface area (Å²) in [6.45, 7) is 3.80. The molecule has 0 bridgehead atoms. The third-order valence-corrected chi connectivity index (χ3v) is 2.70. The molecule has 1 aromatic heterocycles. The maximum Gasteiger partial charge on any atom is 0.145 e. The van der Waals surface area contributed by atoms with Gasteiger partial charge >= 0.3 is 0 Å². The van der Waals surface area contributed by atoms with E-state index in [1.165, 1.54) is 0 Å². The fraction of sp³-hybridized carbons (Fsp3) is 0.167. The van der Waals surface area contributed by atoms with Crippen molar-refractivity contribution in [1.29, 1.82) is 0 Å². The highest BCUT2D eigenvalue weighted by atomic mass is 35.5. The van der Waals surface area contributed by atoms with Crippen molar-refractivity contribution in [3.63, 3.8) is 0 Å². The van der Waals surface area contributed by atoms with Crippen LogP contribution in [0, 0.1) is 13.8 Å². The molecule has 0 fully saturated rings. The first-order chi connectivity index (χ1) is 8.58. The summed E-state index contributed by atoms with van der Waals surface area (Å²) < 4.78 is 0. The number of rotatable bonds is 3. The van der Waals surface area contributed by atoms with E-state index in [4.69, 9.17) is 17.4 Å². The van der Waals surface area contributed by atoms with Crippen molar-refractivity contribution in [3.05, 3.63) is 40.7 Å². The Labute approximate surface area is 110 Å². The van der Waals surface area contributed by atoms with Gasteiger partial charge < -0.3 is 10.7 Å². The summed E-state index contributed by atoms with van der Waals surface area (Å²) in [5, 5.41) is 3.79. The quantitative estimate of drug-likeness (QED) is 0.586. The molecule has 0 atom stereocenters. The van der Waals surface area contributed by atoms with Gasteiger partial charge in [-0.1, -0.05) is 17.7 Å². The molecule has 5 nitrogen and oxygen atoms in total. The number of benzene rings is 1. The largest absolute Gasteiger partial charge is 0.339 e. The highest BCUT2D eigenvalue weighted by Gasteiger charge is 2.04. The van der Waals surface area contributed by atoms with E-state index < -0.39 is 0 Å². The molecular weight excluding hydrogens is 250 g/mol. The number of hydrazine groups is 1. The van der Waals surface area contributed by atoms with Gasteiger partial charge in [0.05, 0.1) is 10.7 Å². The van der Waals surface area contributed by atoms with Gasteiger partial charge in [-0.25, -0.2) is 15.8 Å². The topological polar surface area (TPSA) is 75.9 Å². The van der Waals surface area contributed by atoms with Crippen LogP contribution in [0.5, 0.6) is 0 Å². The first-order valence-corrected chi connectivity index (χ1v) is 5.82. The maximum absolute atomic E-state index is 6.11. The Bertz CT molecular complexity index is 570. The summed E-state index contributed by atoms with van der Waals surface area (Å²) in [6.07, 6.45) is 0. The number of nitrogens with zero attached hydrogens (tertiary/aromatic N) is 2. The summed E-state index contributed by atoms with van der Waals surface area (Å²) in [6, 6.07) is 7.46. The minimum Gasteiger partial charge on any atom is -0.339 e. The molecule has 4 N–H and O–H groups in total. The van der Waals surface area contributed by atoms with Crippen LogP contribution < -0.4 is 16.6 Å². The lowest BCUT2D eigenvalue weighted by atomic mass is 10.2. The number of halogens is 1. The average Bonchev–Trinajstić information content (AvgIpc) is 2.33. The Morgan fingerprint density at radius 2 is 1.83 bits per heavy atom. The van der Waals surface area contributed by atoms with Crippen molar-refractivity contribution in [2.24, 2.45) is 5.84 Å². The fourth-order valence-electron chi connectivity index (χ4n) is 1.58. The average molecular weight is 264 g/mol. The van der Waals surface area contributed by atoms with Gasteiger partial charge in [0.15, 0.2) is 0 Å². The molecule has 2 aromatic rings. The summed E-state index contributed by atoms with van der Waals surface area (Å²) in [4.78, 5) is 8.39. The predicted molar refractivity (Wildman–Crippen MR) is 74.1 cm³/mol. The second-order valence-electron chi connectivity index (χ2n) is 3.94. The molecule has 0 amide bonds. The molecule has 0 unspecified atom stereocenters. The highest BCUT2D eigenvalue weighted by Crippen LogP contribution is 2.26. The molecule has 0 saturated heterocycles. The maximum atomic E-state index is 6.11. The zero-order valence-electron chi connectivity index (χ0n) is 10.2. The van der Waals surface area contributed by atoms with E-state index >= 15 is 0 Å². The predicted octanol–water partition coefficient (Wildman–Crippen LogP) is 2.78. The van der Waals surface area contributed by atoms with Crippen LogP contribution in [0.2, 0.25) is 5.02 Å². The number of nitrogens with two attached hydrogens (primary N) is 1. The van der Waals surface area contributed by atoms with Crippen LogP contribution in [-0.2, 0) is 0 Å². The lowest BCUT2D eigenvalue weighted by Crippen LogP contribution is -2.10. The number of hydrogen-bond donors (Lipinski definition) is 3. The zero-order valence-corrected chi connectivity index (χ0v) is 10.9. The van der Waals surface area contributed by atoms with Crippen LogP contribution in [0.3, 0.4) is 0 Å². The normalized spacial score (nSPS) is 10.2. The molecule has 0 saturated carbocycles. The molecule has 6 heteroatoms. The van der Waals surface area contributed by atoms with Crippen molar-refractivity contribution < 1.29 is 0 Å². The Kier molecular flexibility index (Phi) is 3.64. The number of aromatic nitrogens is 2. The molecule has 2 rings (SSSR count). The molecule has 1 heterocycles. The zero-order chi connectivity index (χ0) is 13.1. The molecule has 0 radical (unpaired) electrons. The van der Waals surface area contributed by atoms with Crippen LogP contribution in [0.4, 0.5) is 17.3 Å². The van der Waals surface area contributed by atoms with Crippen molar-refractivity contribution >= 4 is 28.9 Å². The minimum atomic E-state index is 0.550. The third-order valence-electron chi connectivity index (χ3n) is 2.37. The van der Waals surface area contributed by atoms with Crippen LogP contribution in [0.15, 0.2) is 24.3 Å². The van der Waals surface area contributed by atoms with Gasteiger partial charge in [-0.2, -0.15) is 0 Å².